The minimum atomic E-state index is 0.528. The summed E-state index contributed by atoms with van der Waals surface area (Å²) in [4.78, 5) is 11.1. The van der Waals surface area contributed by atoms with Crippen molar-refractivity contribution in [3.05, 3.63) is 35.1 Å². The molecule has 1 saturated heterocycles. The lowest BCUT2D eigenvalue weighted by molar-refractivity contribution is 0.501. The highest BCUT2D eigenvalue weighted by Gasteiger charge is 2.25. The van der Waals surface area contributed by atoms with E-state index in [1.165, 1.54) is 5.71 Å². The Bertz CT molecular complexity index is 530. The maximum absolute atomic E-state index is 6.19. The fraction of sp³-hybridized carbons (Fsp3) is 0.429. The smallest absolute Gasteiger partial charge is 0.147 e. The molecule has 0 radical (unpaired) electrons. The van der Waals surface area contributed by atoms with E-state index in [1.54, 1.807) is 6.20 Å². The number of nitrogens with zero attached hydrogens (tertiary/aromatic N) is 3. The van der Waals surface area contributed by atoms with Crippen molar-refractivity contribution in [3.63, 3.8) is 0 Å². The zero-order chi connectivity index (χ0) is 13.2. The molecule has 2 aliphatic rings. The van der Waals surface area contributed by atoms with Crippen LogP contribution in [0.15, 0.2) is 35.1 Å². The van der Waals surface area contributed by atoms with Crippen molar-refractivity contribution in [1.82, 2.24) is 4.98 Å². The van der Waals surface area contributed by atoms with Crippen LogP contribution in [0.5, 0.6) is 0 Å². The van der Waals surface area contributed by atoms with Gasteiger partial charge in [-0.2, -0.15) is 0 Å². The molecule has 2 aliphatic heterocycles. The molecule has 5 heteroatoms. The van der Waals surface area contributed by atoms with Gasteiger partial charge in [0, 0.05) is 36.6 Å². The zero-order valence-corrected chi connectivity index (χ0v) is 11.5. The van der Waals surface area contributed by atoms with E-state index in [0.29, 0.717) is 12.5 Å². The predicted molar refractivity (Wildman–Crippen MR) is 78.8 cm³/mol. The van der Waals surface area contributed by atoms with Gasteiger partial charge in [-0.25, -0.2) is 4.98 Å². The van der Waals surface area contributed by atoms with E-state index in [0.717, 1.165) is 42.5 Å². The monoisotopic (exact) mass is 276 g/mol. The third-order valence-electron chi connectivity index (χ3n) is 3.73. The molecule has 100 valence electrons. The van der Waals surface area contributed by atoms with E-state index in [9.17, 15) is 0 Å². The molecule has 2 N–H and O–H groups in total. The second-order valence-electron chi connectivity index (χ2n) is 5.03. The first-order valence-corrected chi connectivity index (χ1v) is 6.97. The maximum atomic E-state index is 6.19. The van der Waals surface area contributed by atoms with Crippen LogP contribution in [-0.2, 0) is 0 Å². The first kappa shape index (κ1) is 12.5. The van der Waals surface area contributed by atoms with Crippen LogP contribution in [0, 0.1) is 5.92 Å². The predicted octanol–water partition coefficient (Wildman–Crippen LogP) is 2.25. The number of pyridine rings is 1. The SMILES string of the molecule is NC1=CC(C2CCN(c3ncccc3Cl)CC2)=NC1. The minimum absolute atomic E-state index is 0.528. The second-order valence-corrected chi connectivity index (χ2v) is 5.44. The number of halogens is 1. The van der Waals surface area contributed by atoms with E-state index >= 15 is 0 Å². The molecule has 1 aromatic heterocycles. The molecule has 0 unspecified atom stereocenters. The van der Waals surface area contributed by atoms with Gasteiger partial charge in [-0.1, -0.05) is 11.6 Å². The number of hydrogen-bond acceptors (Lipinski definition) is 4. The molecule has 0 amide bonds. The summed E-state index contributed by atoms with van der Waals surface area (Å²) in [6.45, 7) is 2.60. The number of piperidine rings is 1. The Kier molecular flexibility index (Phi) is 3.42. The Labute approximate surface area is 118 Å². The zero-order valence-electron chi connectivity index (χ0n) is 10.7. The number of allylic oxidation sites excluding steroid dienone is 1. The van der Waals surface area contributed by atoms with Crippen molar-refractivity contribution < 1.29 is 0 Å². The molecule has 0 atom stereocenters. The van der Waals surface area contributed by atoms with Gasteiger partial charge in [0.1, 0.15) is 5.82 Å². The molecule has 4 nitrogen and oxygen atoms in total. The van der Waals surface area contributed by atoms with E-state index in [2.05, 4.69) is 14.9 Å². The lowest BCUT2D eigenvalue weighted by Gasteiger charge is -2.33. The van der Waals surface area contributed by atoms with Gasteiger partial charge >= 0.3 is 0 Å². The number of rotatable bonds is 2. The third-order valence-corrected chi connectivity index (χ3v) is 4.02. The minimum Gasteiger partial charge on any atom is -0.400 e. The summed E-state index contributed by atoms with van der Waals surface area (Å²) < 4.78 is 0. The summed E-state index contributed by atoms with van der Waals surface area (Å²) in [7, 11) is 0. The molecular formula is C14H17ClN4. The summed E-state index contributed by atoms with van der Waals surface area (Å²) in [5.74, 6) is 1.42. The molecule has 0 aromatic carbocycles. The number of aromatic nitrogens is 1. The quantitative estimate of drug-likeness (QED) is 0.901. The van der Waals surface area contributed by atoms with Crippen LogP contribution in [0.1, 0.15) is 12.8 Å². The number of nitrogens with two attached hydrogens (primary N) is 1. The summed E-state index contributed by atoms with van der Waals surface area (Å²) in [5.41, 5.74) is 7.83. The Hall–Kier alpha value is -1.55. The van der Waals surface area contributed by atoms with Crippen LogP contribution < -0.4 is 10.6 Å². The van der Waals surface area contributed by atoms with Gasteiger partial charge in [0.25, 0.3) is 0 Å². The van der Waals surface area contributed by atoms with Gasteiger partial charge < -0.3 is 10.6 Å². The summed E-state index contributed by atoms with van der Waals surface area (Å²) in [5, 5.41) is 0.725. The van der Waals surface area contributed by atoms with E-state index in [1.807, 2.05) is 18.2 Å². The van der Waals surface area contributed by atoms with Crippen LogP contribution in [0.3, 0.4) is 0 Å². The Balaban J connectivity index is 1.66. The van der Waals surface area contributed by atoms with Gasteiger partial charge in [-0.3, -0.25) is 4.99 Å². The lowest BCUT2D eigenvalue weighted by atomic mass is 9.92. The fourth-order valence-electron chi connectivity index (χ4n) is 2.71. The molecule has 0 spiro atoms. The maximum Gasteiger partial charge on any atom is 0.147 e. The van der Waals surface area contributed by atoms with Crippen LogP contribution in [0.4, 0.5) is 5.82 Å². The van der Waals surface area contributed by atoms with Crippen molar-refractivity contribution in [2.75, 3.05) is 24.5 Å². The molecule has 3 heterocycles. The van der Waals surface area contributed by atoms with Crippen molar-refractivity contribution >= 4 is 23.1 Å². The van der Waals surface area contributed by atoms with Crippen LogP contribution in [0.25, 0.3) is 0 Å². The summed E-state index contributed by atoms with van der Waals surface area (Å²) in [6.07, 6.45) is 5.98. The van der Waals surface area contributed by atoms with Gasteiger partial charge in [-0.05, 0) is 31.1 Å². The highest BCUT2D eigenvalue weighted by Crippen LogP contribution is 2.28. The van der Waals surface area contributed by atoms with Gasteiger partial charge in [-0.15, -0.1) is 0 Å². The Morgan fingerprint density at radius 1 is 1.32 bits per heavy atom. The normalized spacial score (nSPS) is 20.4. The number of anilines is 1. The first-order chi connectivity index (χ1) is 9.24. The van der Waals surface area contributed by atoms with Crippen molar-refractivity contribution in [2.45, 2.75) is 12.8 Å². The molecule has 0 aliphatic carbocycles. The molecule has 19 heavy (non-hydrogen) atoms. The largest absolute Gasteiger partial charge is 0.400 e. The molecule has 1 fully saturated rings. The summed E-state index contributed by atoms with van der Waals surface area (Å²) in [6, 6.07) is 3.75. The van der Waals surface area contributed by atoms with Crippen LogP contribution in [0.2, 0.25) is 5.02 Å². The molecule has 1 aromatic rings. The molecule has 0 saturated carbocycles. The van der Waals surface area contributed by atoms with Crippen molar-refractivity contribution in [3.8, 4) is 0 Å². The first-order valence-electron chi connectivity index (χ1n) is 6.60. The van der Waals surface area contributed by atoms with Gasteiger partial charge in [0.2, 0.25) is 0 Å². The number of aliphatic imine (C=N–C) groups is 1. The van der Waals surface area contributed by atoms with E-state index < -0.39 is 0 Å². The van der Waals surface area contributed by atoms with Gasteiger partial charge in [0.15, 0.2) is 0 Å². The van der Waals surface area contributed by atoms with Crippen LogP contribution >= 0.6 is 11.6 Å². The van der Waals surface area contributed by atoms with Gasteiger partial charge in [0.05, 0.1) is 11.6 Å². The van der Waals surface area contributed by atoms with Crippen molar-refractivity contribution in [1.29, 1.82) is 0 Å². The number of hydrogen-bond donors (Lipinski definition) is 1. The second kappa shape index (κ2) is 5.21. The fourth-order valence-corrected chi connectivity index (χ4v) is 2.95. The summed E-state index contributed by atoms with van der Waals surface area (Å²) >= 11 is 6.19. The highest BCUT2D eigenvalue weighted by atomic mass is 35.5. The lowest BCUT2D eigenvalue weighted by Crippen LogP contribution is -2.36. The van der Waals surface area contributed by atoms with Crippen LogP contribution in [-0.4, -0.2) is 30.3 Å². The van der Waals surface area contributed by atoms with E-state index in [-0.39, 0.29) is 0 Å². The molecule has 3 rings (SSSR count). The Morgan fingerprint density at radius 3 is 2.74 bits per heavy atom. The Morgan fingerprint density at radius 2 is 2.11 bits per heavy atom. The standard InChI is InChI=1S/C14H17ClN4/c15-12-2-1-5-17-14(12)19-6-3-10(4-7-19)13-8-11(16)9-18-13/h1-2,5,8,10H,3-4,6-7,9,16H2. The molecule has 0 bridgehead atoms. The average Bonchev–Trinajstić information content (AvgIpc) is 2.86. The topological polar surface area (TPSA) is 54.5 Å². The van der Waals surface area contributed by atoms with E-state index in [4.69, 9.17) is 17.3 Å². The highest BCUT2D eigenvalue weighted by molar-refractivity contribution is 6.32. The third kappa shape index (κ3) is 2.59. The average molecular weight is 277 g/mol. The van der Waals surface area contributed by atoms with Crippen molar-refractivity contribution in [2.24, 2.45) is 16.6 Å². The molecular weight excluding hydrogens is 260 g/mol.